The number of rotatable bonds is 15. The van der Waals surface area contributed by atoms with Crippen molar-refractivity contribution >= 4 is 17.0 Å². The zero-order valence-corrected chi connectivity index (χ0v) is 18.1. The fraction of sp³-hybridized carbons (Fsp3) is 0.625. The van der Waals surface area contributed by atoms with Crippen LogP contribution in [0.4, 0.5) is 0 Å². The first-order valence-electron chi connectivity index (χ1n) is 11.4. The number of fused-ring (bicyclic) bond motifs is 1. The number of hydrogen-bond acceptors (Lipinski definition) is 3. The van der Waals surface area contributed by atoms with E-state index in [0.717, 1.165) is 23.9 Å². The number of benzene rings is 1. The maximum Gasteiger partial charge on any atom is 0.303 e. The Morgan fingerprint density at radius 2 is 1.31 bits per heavy atom. The molecular weight excluding hydrogens is 362 g/mol. The summed E-state index contributed by atoms with van der Waals surface area (Å²) in [5.74, 6) is -0.664. The van der Waals surface area contributed by atoms with E-state index in [2.05, 4.69) is 34.5 Å². The molecule has 0 aliphatic rings. The molecule has 0 atom stereocenters. The Kier molecular flexibility index (Phi) is 15.3. The summed E-state index contributed by atoms with van der Waals surface area (Å²) in [6, 6.07) is 7.70. The van der Waals surface area contributed by atoms with Crippen LogP contribution in [-0.2, 0) is 4.79 Å². The Balaban J connectivity index is 0.000000379. The Morgan fingerprint density at radius 1 is 0.828 bits per heavy atom. The molecule has 0 aliphatic carbocycles. The van der Waals surface area contributed by atoms with Gasteiger partial charge < -0.3 is 5.11 Å². The van der Waals surface area contributed by atoms with Gasteiger partial charge in [0, 0.05) is 6.42 Å². The predicted octanol–water partition coefficient (Wildman–Crippen LogP) is 7.07. The van der Waals surface area contributed by atoms with Crippen LogP contribution in [0.2, 0.25) is 0 Å². The summed E-state index contributed by atoms with van der Waals surface area (Å²) in [5.41, 5.74) is 1.83. The van der Waals surface area contributed by atoms with E-state index < -0.39 is 5.97 Å². The molecule has 162 valence electrons. The van der Waals surface area contributed by atoms with Gasteiger partial charge in [0.2, 0.25) is 0 Å². The molecule has 2 aromatic rings. The number of nitrogens with one attached hydrogen (secondary N) is 1. The van der Waals surface area contributed by atoms with Gasteiger partial charge in [0.1, 0.15) is 11.0 Å². The Morgan fingerprint density at radius 3 is 1.83 bits per heavy atom. The van der Waals surface area contributed by atoms with Gasteiger partial charge >= 0.3 is 5.97 Å². The largest absolute Gasteiger partial charge is 0.481 e. The van der Waals surface area contributed by atoms with Crippen LogP contribution < -0.4 is 0 Å². The van der Waals surface area contributed by atoms with Gasteiger partial charge in [0.05, 0.1) is 0 Å². The Labute approximate surface area is 176 Å². The van der Waals surface area contributed by atoms with E-state index in [1.165, 1.54) is 70.6 Å². The number of aromatic nitrogens is 3. The average molecular weight is 402 g/mol. The second-order valence-corrected chi connectivity index (χ2v) is 7.54. The number of allylic oxidation sites excluding steroid dienone is 2. The lowest BCUT2D eigenvalue weighted by molar-refractivity contribution is -0.137. The van der Waals surface area contributed by atoms with Gasteiger partial charge in [0.15, 0.2) is 0 Å². The quantitative estimate of drug-likeness (QED) is 0.247. The van der Waals surface area contributed by atoms with E-state index >= 15 is 0 Å². The van der Waals surface area contributed by atoms with Crippen molar-refractivity contribution in [1.82, 2.24) is 15.4 Å². The lowest BCUT2D eigenvalue weighted by atomic mass is 10.1. The van der Waals surface area contributed by atoms with Crippen LogP contribution in [0.1, 0.15) is 96.8 Å². The lowest BCUT2D eigenvalue weighted by Crippen LogP contribution is -1.93. The number of nitrogens with zero attached hydrogens (tertiary/aromatic N) is 2. The first kappa shape index (κ1) is 24.9. The summed E-state index contributed by atoms with van der Waals surface area (Å²) in [6.07, 6.45) is 21.2. The minimum Gasteiger partial charge on any atom is -0.481 e. The molecule has 1 aromatic heterocycles. The van der Waals surface area contributed by atoms with Gasteiger partial charge in [0.25, 0.3) is 0 Å². The highest BCUT2D eigenvalue weighted by molar-refractivity contribution is 5.72. The molecule has 0 fully saturated rings. The molecule has 2 N–H and O–H groups in total. The maximum atomic E-state index is 10.3. The number of H-pyrrole nitrogens is 1. The molecule has 0 aliphatic heterocycles. The van der Waals surface area contributed by atoms with E-state index in [1.807, 2.05) is 24.3 Å². The molecule has 29 heavy (non-hydrogen) atoms. The highest BCUT2D eigenvalue weighted by Gasteiger charge is 1.96. The number of carboxylic acid groups (broad SMARTS) is 1. The number of carbonyl (C=O) groups is 1. The fourth-order valence-corrected chi connectivity index (χ4v) is 3.13. The first-order chi connectivity index (χ1) is 14.2. The van der Waals surface area contributed by atoms with E-state index in [0.29, 0.717) is 6.42 Å². The molecule has 0 unspecified atom stereocenters. The molecule has 0 saturated heterocycles. The van der Waals surface area contributed by atoms with Crippen molar-refractivity contribution in [2.45, 2.75) is 96.8 Å². The third kappa shape index (κ3) is 14.5. The van der Waals surface area contributed by atoms with E-state index in [4.69, 9.17) is 5.11 Å². The molecule has 2 rings (SSSR count). The standard InChI is InChI=1S/C18H34O2.C6H5N3/c1-2-3-4-5-6-7-8-9-10-11-12-13-14-15-16-17-18(19)20;1-2-4-6-5(3-1)7-9-8-6/h9-10H,2-8,11-17H2,1H3,(H,19,20);1-4H,(H,7,8,9). The summed E-state index contributed by atoms with van der Waals surface area (Å²) in [6.45, 7) is 2.26. The first-order valence-corrected chi connectivity index (χ1v) is 11.4. The minimum atomic E-state index is -0.664. The van der Waals surface area contributed by atoms with Crippen LogP contribution in [-0.4, -0.2) is 26.5 Å². The van der Waals surface area contributed by atoms with Crippen molar-refractivity contribution in [2.75, 3.05) is 0 Å². The van der Waals surface area contributed by atoms with Crippen molar-refractivity contribution in [3.8, 4) is 0 Å². The average Bonchev–Trinajstić information content (AvgIpc) is 3.20. The molecule has 0 saturated carbocycles. The molecule has 5 nitrogen and oxygen atoms in total. The molecule has 1 aromatic carbocycles. The number of aliphatic carboxylic acids is 1. The maximum absolute atomic E-state index is 10.3. The number of hydrogen-bond donors (Lipinski definition) is 2. The van der Waals surface area contributed by atoms with Crippen molar-refractivity contribution in [1.29, 1.82) is 0 Å². The SMILES string of the molecule is CCCCCCCCC=CCCCCCCCC(=O)O.c1ccc2n[nH]nc2c1. The van der Waals surface area contributed by atoms with Crippen LogP contribution in [0.25, 0.3) is 11.0 Å². The van der Waals surface area contributed by atoms with Crippen molar-refractivity contribution in [3.05, 3.63) is 36.4 Å². The van der Waals surface area contributed by atoms with Crippen molar-refractivity contribution in [3.63, 3.8) is 0 Å². The summed E-state index contributed by atoms with van der Waals surface area (Å²) in [7, 11) is 0. The van der Waals surface area contributed by atoms with Crippen LogP contribution in [0.15, 0.2) is 36.4 Å². The molecule has 0 amide bonds. The molecule has 0 bridgehead atoms. The zero-order valence-electron chi connectivity index (χ0n) is 18.1. The highest BCUT2D eigenvalue weighted by atomic mass is 16.4. The number of unbranched alkanes of at least 4 members (excludes halogenated alkanes) is 11. The van der Waals surface area contributed by atoms with Crippen LogP contribution in [0.3, 0.4) is 0 Å². The minimum absolute atomic E-state index is 0.332. The summed E-state index contributed by atoms with van der Waals surface area (Å²) >= 11 is 0. The predicted molar refractivity (Wildman–Crippen MR) is 121 cm³/mol. The van der Waals surface area contributed by atoms with Gasteiger partial charge in [-0.2, -0.15) is 15.4 Å². The second kappa shape index (κ2) is 17.9. The number of para-hydroxylation sites is 2. The summed E-state index contributed by atoms with van der Waals surface area (Å²) < 4.78 is 0. The van der Waals surface area contributed by atoms with E-state index in [-0.39, 0.29) is 0 Å². The third-order valence-electron chi connectivity index (χ3n) is 4.88. The third-order valence-corrected chi connectivity index (χ3v) is 4.88. The second-order valence-electron chi connectivity index (χ2n) is 7.54. The summed E-state index contributed by atoms with van der Waals surface area (Å²) in [4.78, 5) is 10.3. The Bertz CT molecular complexity index is 637. The molecule has 0 spiro atoms. The highest BCUT2D eigenvalue weighted by Crippen LogP contribution is 2.10. The van der Waals surface area contributed by atoms with E-state index in [9.17, 15) is 4.79 Å². The van der Waals surface area contributed by atoms with Gasteiger partial charge in [-0.15, -0.1) is 0 Å². The molecule has 0 radical (unpaired) electrons. The smallest absolute Gasteiger partial charge is 0.303 e. The fourth-order valence-electron chi connectivity index (χ4n) is 3.13. The topological polar surface area (TPSA) is 78.9 Å². The van der Waals surface area contributed by atoms with Crippen molar-refractivity contribution in [2.24, 2.45) is 0 Å². The summed E-state index contributed by atoms with van der Waals surface area (Å²) in [5, 5.41) is 18.8. The normalized spacial score (nSPS) is 10.9. The number of carboxylic acids is 1. The van der Waals surface area contributed by atoms with Crippen molar-refractivity contribution < 1.29 is 9.90 Å². The Hall–Kier alpha value is -2.17. The zero-order chi connectivity index (χ0) is 21.0. The molecular formula is C24H39N3O2. The molecule has 5 heteroatoms. The molecule has 1 heterocycles. The van der Waals surface area contributed by atoms with Gasteiger partial charge in [-0.05, 0) is 44.2 Å². The van der Waals surface area contributed by atoms with Gasteiger partial charge in [-0.1, -0.05) is 82.6 Å². The lowest BCUT2D eigenvalue weighted by Gasteiger charge is -1.99. The van der Waals surface area contributed by atoms with Crippen LogP contribution >= 0.6 is 0 Å². The van der Waals surface area contributed by atoms with E-state index in [1.54, 1.807) is 0 Å². The monoisotopic (exact) mass is 401 g/mol. The van der Waals surface area contributed by atoms with Gasteiger partial charge in [-0.25, -0.2) is 0 Å². The van der Waals surface area contributed by atoms with Crippen LogP contribution in [0, 0.1) is 0 Å². The van der Waals surface area contributed by atoms with Crippen LogP contribution in [0.5, 0.6) is 0 Å². The van der Waals surface area contributed by atoms with Gasteiger partial charge in [-0.3, -0.25) is 4.79 Å². The number of aromatic amines is 1.